The van der Waals surface area contributed by atoms with Gasteiger partial charge in [-0.2, -0.15) is 0 Å². The number of nitrogens with one attached hydrogen (secondary N) is 2. The number of fused-ring (bicyclic) bond motifs is 1. The molecule has 0 radical (unpaired) electrons. The van der Waals surface area contributed by atoms with Crippen LogP contribution in [0.5, 0.6) is 5.75 Å². The Balaban J connectivity index is 1.56. The van der Waals surface area contributed by atoms with E-state index in [0.29, 0.717) is 42.3 Å². The Kier molecular flexibility index (Phi) is 7.67. The van der Waals surface area contributed by atoms with Gasteiger partial charge in [0.05, 0.1) is 4.70 Å². The number of thiazole rings is 1. The minimum atomic E-state index is -0.948. The normalized spacial score (nSPS) is 15.5. The average Bonchev–Trinajstić information content (AvgIpc) is 3.22. The SMILES string of the molecule is O=C(O)N(CCNC1CCCCC1)CC(Cc1ccccc1)c1ccc(O)c2[nH]c(=O)sc12. The van der Waals surface area contributed by atoms with Crippen LogP contribution >= 0.6 is 11.3 Å². The summed E-state index contributed by atoms with van der Waals surface area (Å²) in [6.45, 7) is 1.34. The maximum atomic E-state index is 12.1. The summed E-state index contributed by atoms with van der Waals surface area (Å²) in [6, 6.07) is 13.8. The van der Waals surface area contributed by atoms with E-state index in [9.17, 15) is 19.8 Å². The minimum absolute atomic E-state index is 0.0253. The van der Waals surface area contributed by atoms with Gasteiger partial charge in [-0.05, 0) is 36.5 Å². The van der Waals surface area contributed by atoms with Gasteiger partial charge in [0.2, 0.25) is 0 Å². The lowest BCUT2D eigenvalue weighted by Crippen LogP contribution is -2.42. The molecular formula is C25H31N3O4S. The summed E-state index contributed by atoms with van der Waals surface area (Å²) >= 11 is 1.05. The molecule has 0 bridgehead atoms. The molecule has 4 rings (SSSR count). The Bertz CT molecular complexity index is 1120. The molecule has 0 aliphatic heterocycles. The highest BCUT2D eigenvalue weighted by atomic mass is 32.1. The summed E-state index contributed by atoms with van der Waals surface area (Å²) in [4.78, 5) is 28.1. The molecule has 3 aromatic rings. The molecule has 176 valence electrons. The first-order valence-corrected chi connectivity index (χ1v) is 12.4. The van der Waals surface area contributed by atoms with Crippen LogP contribution in [0.15, 0.2) is 47.3 Å². The van der Waals surface area contributed by atoms with E-state index in [1.807, 2.05) is 36.4 Å². The molecule has 0 saturated heterocycles. The summed E-state index contributed by atoms with van der Waals surface area (Å²) in [5, 5.41) is 23.7. The molecule has 1 amide bonds. The van der Waals surface area contributed by atoms with Crippen LogP contribution in [0.25, 0.3) is 10.2 Å². The van der Waals surface area contributed by atoms with Crippen LogP contribution in [0.3, 0.4) is 0 Å². The Hall–Kier alpha value is -2.84. The standard InChI is InChI=1S/C25H31N3O4S/c29-21-12-11-20(23-22(21)27-24(30)33-23)18(15-17-7-3-1-4-8-17)16-28(25(31)32)14-13-26-19-9-5-2-6-10-19/h1,3-4,7-8,11-12,18-19,26,29H,2,5-6,9-10,13-16H2,(H,27,30)(H,31,32). The van der Waals surface area contributed by atoms with E-state index in [-0.39, 0.29) is 16.5 Å². The number of phenols is 1. The fourth-order valence-corrected chi connectivity index (χ4v) is 5.72. The van der Waals surface area contributed by atoms with E-state index >= 15 is 0 Å². The maximum Gasteiger partial charge on any atom is 0.407 e. The Morgan fingerprint density at radius 1 is 1.15 bits per heavy atom. The molecule has 1 aliphatic carbocycles. The van der Waals surface area contributed by atoms with Crippen LogP contribution in [0.1, 0.15) is 49.1 Å². The summed E-state index contributed by atoms with van der Waals surface area (Å²) in [7, 11) is 0. The molecule has 1 aromatic heterocycles. The highest BCUT2D eigenvalue weighted by Gasteiger charge is 2.24. The molecule has 8 heteroatoms. The number of aromatic hydroxyl groups is 1. The third-order valence-electron chi connectivity index (χ3n) is 6.48. The lowest BCUT2D eigenvalue weighted by Gasteiger charge is -2.28. The maximum absolute atomic E-state index is 12.1. The van der Waals surface area contributed by atoms with Crippen molar-refractivity contribution in [2.75, 3.05) is 19.6 Å². The van der Waals surface area contributed by atoms with Crippen molar-refractivity contribution < 1.29 is 15.0 Å². The number of aromatic nitrogens is 1. The number of hydrogen-bond acceptors (Lipinski definition) is 5. The van der Waals surface area contributed by atoms with Gasteiger partial charge in [0.15, 0.2) is 0 Å². The Morgan fingerprint density at radius 3 is 2.64 bits per heavy atom. The number of nitrogens with zero attached hydrogens (tertiary/aromatic N) is 1. The van der Waals surface area contributed by atoms with Crippen molar-refractivity contribution in [3.63, 3.8) is 0 Å². The van der Waals surface area contributed by atoms with Crippen molar-refractivity contribution in [2.45, 2.75) is 50.5 Å². The van der Waals surface area contributed by atoms with Crippen LogP contribution in [0, 0.1) is 0 Å². The monoisotopic (exact) mass is 469 g/mol. The molecule has 1 heterocycles. The van der Waals surface area contributed by atoms with Crippen LogP contribution in [0.4, 0.5) is 4.79 Å². The van der Waals surface area contributed by atoms with Gasteiger partial charge in [-0.25, -0.2) is 4.79 Å². The van der Waals surface area contributed by atoms with Crippen molar-refractivity contribution in [1.82, 2.24) is 15.2 Å². The Labute approximate surface area is 197 Å². The van der Waals surface area contributed by atoms with Gasteiger partial charge >= 0.3 is 11.0 Å². The second-order valence-electron chi connectivity index (χ2n) is 8.80. The molecular weight excluding hydrogens is 438 g/mol. The van der Waals surface area contributed by atoms with Crippen LogP contribution in [-0.2, 0) is 6.42 Å². The van der Waals surface area contributed by atoms with Gasteiger partial charge in [-0.15, -0.1) is 0 Å². The number of H-pyrrole nitrogens is 1. The number of carboxylic acid groups (broad SMARTS) is 1. The highest BCUT2D eigenvalue weighted by molar-refractivity contribution is 7.16. The molecule has 0 spiro atoms. The number of phenolic OH excluding ortho intramolecular Hbond substituents is 1. The number of amides is 1. The Morgan fingerprint density at radius 2 is 1.91 bits per heavy atom. The summed E-state index contributed by atoms with van der Waals surface area (Å²) in [5.41, 5.74) is 2.39. The second kappa shape index (κ2) is 10.9. The third kappa shape index (κ3) is 5.94. The van der Waals surface area contributed by atoms with Gasteiger partial charge < -0.3 is 25.4 Å². The molecule has 1 atom stereocenters. The predicted octanol–water partition coefficient (Wildman–Crippen LogP) is 4.52. The number of benzene rings is 2. The molecule has 7 nitrogen and oxygen atoms in total. The zero-order valence-corrected chi connectivity index (χ0v) is 19.4. The summed E-state index contributed by atoms with van der Waals surface area (Å²) in [6.07, 6.45) is 5.74. The van der Waals surface area contributed by atoms with Gasteiger partial charge in [0.1, 0.15) is 11.3 Å². The molecule has 33 heavy (non-hydrogen) atoms. The smallest absolute Gasteiger partial charge is 0.407 e. The first-order valence-electron chi connectivity index (χ1n) is 11.6. The molecule has 1 aliphatic rings. The van der Waals surface area contributed by atoms with E-state index in [4.69, 9.17) is 0 Å². The first-order chi connectivity index (χ1) is 16.0. The van der Waals surface area contributed by atoms with Gasteiger partial charge in [-0.1, -0.05) is 67.0 Å². The first kappa shape index (κ1) is 23.3. The lowest BCUT2D eigenvalue weighted by atomic mass is 9.91. The number of rotatable bonds is 9. The zero-order valence-electron chi connectivity index (χ0n) is 18.6. The highest BCUT2D eigenvalue weighted by Crippen LogP contribution is 2.34. The predicted molar refractivity (Wildman–Crippen MR) is 131 cm³/mol. The molecule has 1 saturated carbocycles. The quantitative estimate of drug-likeness (QED) is 0.369. The van der Waals surface area contributed by atoms with Crippen molar-refractivity contribution in [3.05, 3.63) is 63.3 Å². The van der Waals surface area contributed by atoms with Crippen LogP contribution in [0.2, 0.25) is 0 Å². The number of hydrogen-bond donors (Lipinski definition) is 4. The van der Waals surface area contributed by atoms with E-state index in [0.717, 1.165) is 35.3 Å². The van der Waals surface area contributed by atoms with Crippen molar-refractivity contribution in [1.29, 1.82) is 0 Å². The van der Waals surface area contributed by atoms with Gasteiger partial charge in [0.25, 0.3) is 0 Å². The number of carbonyl (C=O) groups is 1. The summed E-state index contributed by atoms with van der Waals surface area (Å²) < 4.78 is 0.687. The molecule has 1 fully saturated rings. The molecule has 1 unspecified atom stereocenters. The summed E-state index contributed by atoms with van der Waals surface area (Å²) in [5.74, 6) is -0.134. The van der Waals surface area contributed by atoms with Crippen molar-refractivity contribution in [2.24, 2.45) is 0 Å². The van der Waals surface area contributed by atoms with Crippen LogP contribution in [-0.4, -0.2) is 51.9 Å². The molecule has 2 aromatic carbocycles. The largest absolute Gasteiger partial charge is 0.506 e. The topological polar surface area (TPSA) is 106 Å². The van der Waals surface area contributed by atoms with E-state index in [1.54, 1.807) is 6.07 Å². The van der Waals surface area contributed by atoms with Gasteiger partial charge in [0, 0.05) is 31.6 Å². The second-order valence-corrected chi connectivity index (χ2v) is 9.78. The van der Waals surface area contributed by atoms with Crippen LogP contribution < -0.4 is 10.2 Å². The fraction of sp³-hybridized carbons (Fsp3) is 0.440. The van der Waals surface area contributed by atoms with Crippen molar-refractivity contribution >= 4 is 27.6 Å². The molecule has 4 N–H and O–H groups in total. The fourth-order valence-electron chi connectivity index (χ4n) is 4.77. The van der Waals surface area contributed by atoms with Crippen molar-refractivity contribution in [3.8, 4) is 5.75 Å². The van der Waals surface area contributed by atoms with Gasteiger partial charge in [-0.3, -0.25) is 4.79 Å². The zero-order chi connectivity index (χ0) is 23.2. The van der Waals surface area contributed by atoms with E-state index in [1.165, 1.54) is 24.2 Å². The lowest BCUT2D eigenvalue weighted by molar-refractivity contribution is 0.141. The number of aromatic amines is 1. The minimum Gasteiger partial charge on any atom is -0.506 e. The average molecular weight is 470 g/mol. The van der Waals surface area contributed by atoms with E-state index < -0.39 is 6.09 Å². The third-order valence-corrected chi connectivity index (χ3v) is 7.42. The van der Waals surface area contributed by atoms with E-state index in [2.05, 4.69) is 10.3 Å².